The third-order valence-corrected chi connectivity index (χ3v) is 3.39. The summed E-state index contributed by atoms with van der Waals surface area (Å²) in [6, 6.07) is 12.9. The predicted octanol–water partition coefficient (Wildman–Crippen LogP) is 2.66. The van der Waals surface area contributed by atoms with Crippen LogP contribution in [0.2, 0.25) is 0 Å². The molecule has 0 bridgehead atoms. The van der Waals surface area contributed by atoms with Gasteiger partial charge in [-0.1, -0.05) is 25.1 Å². The molecule has 6 nitrogen and oxygen atoms in total. The first kappa shape index (κ1) is 17.2. The van der Waals surface area contributed by atoms with E-state index in [0.717, 1.165) is 5.56 Å². The summed E-state index contributed by atoms with van der Waals surface area (Å²) in [6.45, 7) is 2.19. The first-order valence-electron chi connectivity index (χ1n) is 7.50. The van der Waals surface area contributed by atoms with Crippen LogP contribution in [0.4, 0.5) is 5.69 Å². The minimum absolute atomic E-state index is 0.0323. The van der Waals surface area contributed by atoms with Gasteiger partial charge in [0.05, 0.1) is 5.56 Å². The summed E-state index contributed by atoms with van der Waals surface area (Å²) in [4.78, 5) is 34.3. The third-order valence-electron chi connectivity index (χ3n) is 3.39. The van der Waals surface area contributed by atoms with Crippen molar-refractivity contribution in [1.29, 1.82) is 0 Å². The molecule has 0 radical (unpaired) electrons. The molecule has 2 aromatic carbocycles. The lowest BCUT2D eigenvalue weighted by atomic mass is 10.1. The molecule has 0 atom stereocenters. The number of amides is 2. The summed E-state index contributed by atoms with van der Waals surface area (Å²) in [6.07, 6.45) is 0.426. The van der Waals surface area contributed by atoms with Gasteiger partial charge in [0.2, 0.25) is 5.91 Å². The Kier molecular flexibility index (Phi) is 5.68. The van der Waals surface area contributed by atoms with Gasteiger partial charge in [0.25, 0.3) is 5.91 Å². The summed E-state index contributed by atoms with van der Waals surface area (Å²) in [5.41, 5.74) is 1.86. The largest absolute Gasteiger partial charge is 0.478 e. The fourth-order valence-electron chi connectivity index (χ4n) is 2.03. The quantitative estimate of drug-likeness (QED) is 0.760. The molecule has 2 aromatic rings. The van der Waals surface area contributed by atoms with E-state index in [0.29, 0.717) is 24.2 Å². The molecule has 2 amide bonds. The first-order valence-corrected chi connectivity index (χ1v) is 7.50. The number of hydrogen-bond donors (Lipinski definition) is 3. The standard InChI is InChI=1S/C18H18N2O4/c1-2-16(21)19-11-12-6-8-13(9-7-12)17(22)20-15-5-3-4-14(10-15)18(23)24/h3-10H,2,11H2,1H3,(H,19,21)(H,20,22)(H,23,24). The fraction of sp³-hybridized carbons (Fsp3) is 0.167. The van der Waals surface area contributed by atoms with E-state index < -0.39 is 5.97 Å². The molecule has 0 unspecified atom stereocenters. The molecule has 3 N–H and O–H groups in total. The number of nitrogens with one attached hydrogen (secondary N) is 2. The highest BCUT2D eigenvalue weighted by Gasteiger charge is 2.08. The fourth-order valence-corrected chi connectivity index (χ4v) is 2.03. The average molecular weight is 326 g/mol. The number of aromatic carboxylic acids is 1. The average Bonchev–Trinajstić information content (AvgIpc) is 2.60. The highest BCUT2D eigenvalue weighted by Crippen LogP contribution is 2.13. The second-order valence-corrected chi connectivity index (χ2v) is 5.17. The van der Waals surface area contributed by atoms with Crippen molar-refractivity contribution < 1.29 is 19.5 Å². The van der Waals surface area contributed by atoms with Crippen LogP contribution in [0.25, 0.3) is 0 Å². The van der Waals surface area contributed by atoms with Crippen LogP contribution in [0.1, 0.15) is 39.6 Å². The van der Waals surface area contributed by atoms with Crippen LogP contribution in [0.5, 0.6) is 0 Å². The van der Waals surface area contributed by atoms with E-state index in [1.807, 2.05) is 0 Å². The van der Waals surface area contributed by atoms with Crippen molar-refractivity contribution in [3.8, 4) is 0 Å². The Morgan fingerprint density at radius 3 is 2.33 bits per heavy atom. The maximum absolute atomic E-state index is 12.2. The van der Waals surface area contributed by atoms with E-state index >= 15 is 0 Å². The first-order chi connectivity index (χ1) is 11.5. The lowest BCUT2D eigenvalue weighted by Crippen LogP contribution is -2.21. The highest BCUT2D eigenvalue weighted by molar-refractivity contribution is 6.04. The molecule has 0 spiro atoms. The molecule has 0 heterocycles. The molecular formula is C18H18N2O4. The number of carboxylic acid groups (broad SMARTS) is 1. The lowest BCUT2D eigenvalue weighted by molar-refractivity contribution is -0.120. The zero-order valence-corrected chi connectivity index (χ0v) is 13.2. The van der Waals surface area contributed by atoms with Gasteiger partial charge in [-0.25, -0.2) is 4.79 Å². The van der Waals surface area contributed by atoms with Gasteiger partial charge in [-0.05, 0) is 35.9 Å². The Bertz CT molecular complexity index is 754. The van der Waals surface area contributed by atoms with Crippen molar-refractivity contribution >= 4 is 23.5 Å². The van der Waals surface area contributed by atoms with E-state index in [1.54, 1.807) is 43.3 Å². The number of hydrogen-bond acceptors (Lipinski definition) is 3. The molecule has 0 saturated heterocycles. The Balaban J connectivity index is 2.01. The van der Waals surface area contributed by atoms with Gasteiger partial charge < -0.3 is 15.7 Å². The maximum atomic E-state index is 12.2. The van der Waals surface area contributed by atoms with Crippen LogP contribution in [0, 0.1) is 0 Å². The second-order valence-electron chi connectivity index (χ2n) is 5.17. The van der Waals surface area contributed by atoms with Crippen LogP contribution in [0.3, 0.4) is 0 Å². The highest BCUT2D eigenvalue weighted by atomic mass is 16.4. The van der Waals surface area contributed by atoms with Crippen LogP contribution in [-0.4, -0.2) is 22.9 Å². The zero-order chi connectivity index (χ0) is 17.5. The van der Waals surface area contributed by atoms with Gasteiger partial charge >= 0.3 is 5.97 Å². The van der Waals surface area contributed by atoms with Crippen molar-refractivity contribution in [3.05, 3.63) is 65.2 Å². The Hall–Kier alpha value is -3.15. The minimum atomic E-state index is -1.05. The van der Waals surface area contributed by atoms with E-state index in [4.69, 9.17) is 5.11 Å². The van der Waals surface area contributed by atoms with Crippen molar-refractivity contribution in [1.82, 2.24) is 5.32 Å². The lowest BCUT2D eigenvalue weighted by Gasteiger charge is -2.08. The molecule has 0 aromatic heterocycles. The zero-order valence-electron chi connectivity index (χ0n) is 13.2. The monoisotopic (exact) mass is 326 g/mol. The molecule has 2 rings (SSSR count). The van der Waals surface area contributed by atoms with Gasteiger partial charge in [0, 0.05) is 24.2 Å². The third kappa shape index (κ3) is 4.67. The number of carboxylic acids is 1. The normalized spacial score (nSPS) is 10.0. The van der Waals surface area contributed by atoms with Crippen LogP contribution < -0.4 is 10.6 Å². The van der Waals surface area contributed by atoms with Crippen LogP contribution >= 0.6 is 0 Å². The molecule has 24 heavy (non-hydrogen) atoms. The molecule has 0 fully saturated rings. The molecule has 124 valence electrons. The van der Waals surface area contributed by atoms with Gasteiger partial charge in [-0.15, -0.1) is 0 Å². The number of carbonyl (C=O) groups excluding carboxylic acids is 2. The molecule has 0 aliphatic rings. The van der Waals surface area contributed by atoms with E-state index in [9.17, 15) is 14.4 Å². The number of anilines is 1. The minimum Gasteiger partial charge on any atom is -0.478 e. The summed E-state index contributed by atoms with van der Waals surface area (Å²) < 4.78 is 0. The molecular weight excluding hydrogens is 308 g/mol. The van der Waals surface area contributed by atoms with Crippen molar-refractivity contribution in [2.45, 2.75) is 19.9 Å². The Morgan fingerprint density at radius 1 is 1.00 bits per heavy atom. The molecule has 0 aliphatic heterocycles. The van der Waals surface area contributed by atoms with E-state index in [-0.39, 0.29) is 17.4 Å². The van der Waals surface area contributed by atoms with E-state index in [2.05, 4.69) is 10.6 Å². The van der Waals surface area contributed by atoms with E-state index in [1.165, 1.54) is 12.1 Å². The van der Waals surface area contributed by atoms with Gasteiger partial charge in [-0.3, -0.25) is 9.59 Å². The van der Waals surface area contributed by atoms with Crippen molar-refractivity contribution in [2.24, 2.45) is 0 Å². The smallest absolute Gasteiger partial charge is 0.335 e. The maximum Gasteiger partial charge on any atom is 0.335 e. The number of carbonyl (C=O) groups is 3. The number of rotatable bonds is 6. The van der Waals surface area contributed by atoms with Crippen LogP contribution in [0.15, 0.2) is 48.5 Å². The summed E-state index contributed by atoms with van der Waals surface area (Å²) in [5.74, 6) is -1.42. The van der Waals surface area contributed by atoms with Crippen LogP contribution in [-0.2, 0) is 11.3 Å². The van der Waals surface area contributed by atoms with Crippen molar-refractivity contribution in [2.75, 3.05) is 5.32 Å². The SMILES string of the molecule is CCC(=O)NCc1ccc(C(=O)Nc2cccc(C(=O)O)c2)cc1. The van der Waals surface area contributed by atoms with Crippen molar-refractivity contribution in [3.63, 3.8) is 0 Å². The second kappa shape index (κ2) is 7.92. The summed E-state index contributed by atoms with van der Waals surface area (Å²) >= 11 is 0. The topological polar surface area (TPSA) is 95.5 Å². The molecule has 0 aliphatic carbocycles. The van der Waals surface area contributed by atoms with Gasteiger partial charge in [-0.2, -0.15) is 0 Å². The summed E-state index contributed by atoms with van der Waals surface area (Å²) in [7, 11) is 0. The summed E-state index contributed by atoms with van der Waals surface area (Å²) in [5, 5.41) is 14.4. The Labute approximate surface area is 139 Å². The van der Waals surface area contributed by atoms with Gasteiger partial charge in [0.1, 0.15) is 0 Å². The van der Waals surface area contributed by atoms with Gasteiger partial charge in [0.15, 0.2) is 0 Å². The predicted molar refractivity (Wildman–Crippen MR) is 89.9 cm³/mol. The molecule has 0 saturated carbocycles. The number of benzene rings is 2. The molecule has 6 heteroatoms. The Morgan fingerprint density at radius 2 is 1.71 bits per heavy atom.